The molecule has 1 aromatic carbocycles. The van der Waals surface area contributed by atoms with Crippen LogP contribution < -0.4 is 15.4 Å². The summed E-state index contributed by atoms with van der Waals surface area (Å²) in [5.41, 5.74) is 0.523. The Labute approximate surface area is 94.1 Å². The highest BCUT2D eigenvalue weighted by atomic mass is 32.2. The minimum atomic E-state index is -3.43. The largest absolute Gasteiger partial charge is 0.341 e. The first-order chi connectivity index (χ1) is 7.49. The van der Waals surface area contributed by atoms with E-state index in [-0.39, 0.29) is 10.9 Å². The average molecular weight is 243 g/mol. The molecular formula is C9H13N3O3S. The van der Waals surface area contributed by atoms with Gasteiger partial charge in [0.2, 0.25) is 10.0 Å². The van der Waals surface area contributed by atoms with Crippen molar-refractivity contribution in [1.82, 2.24) is 10.0 Å². The highest BCUT2D eigenvalue weighted by molar-refractivity contribution is 7.89. The second kappa shape index (κ2) is 4.95. The topological polar surface area (TPSA) is 87.3 Å². The van der Waals surface area contributed by atoms with Crippen LogP contribution in [0.5, 0.6) is 0 Å². The molecule has 0 heterocycles. The van der Waals surface area contributed by atoms with Gasteiger partial charge in [-0.05, 0) is 31.3 Å². The van der Waals surface area contributed by atoms with Crippen LogP contribution in [-0.2, 0) is 10.0 Å². The van der Waals surface area contributed by atoms with Crippen LogP contribution in [0.3, 0.4) is 0 Å². The van der Waals surface area contributed by atoms with Crippen molar-refractivity contribution < 1.29 is 13.2 Å². The van der Waals surface area contributed by atoms with E-state index in [1.165, 1.54) is 38.4 Å². The van der Waals surface area contributed by atoms with Crippen molar-refractivity contribution in [3.63, 3.8) is 0 Å². The number of sulfonamides is 1. The van der Waals surface area contributed by atoms with Gasteiger partial charge >= 0.3 is 6.03 Å². The van der Waals surface area contributed by atoms with Gasteiger partial charge in [0.05, 0.1) is 4.90 Å². The molecule has 0 atom stereocenters. The number of anilines is 1. The summed E-state index contributed by atoms with van der Waals surface area (Å²) in [5, 5.41) is 4.91. The van der Waals surface area contributed by atoms with E-state index in [9.17, 15) is 13.2 Å². The van der Waals surface area contributed by atoms with E-state index in [0.29, 0.717) is 5.69 Å². The maximum atomic E-state index is 11.4. The van der Waals surface area contributed by atoms with Crippen molar-refractivity contribution in [2.45, 2.75) is 4.90 Å². The summed E-state index contributed by atoms with van der Waals surface area (Å²) in [6.45, 7) is 0. The summed E-state index contributed by atoms with van der Waals surface area (Å²) in [4.78, 5) is 11.1. The summed E-state index contributed by atoms with van der Waals surface area (Å²) in [5.74, 6) is 0. The third-order valence-corrected chi connectivity index (χ3v) is 3.35. The van der Waals surface area contributed by atoms with Crippen molar-refractivity contribution in [3.05, 3.63) is 24.3 Å². The monoisotopic (exact) mass is 243 g/mol. The van der Waals surface area contributed by atoms with Crippen LogP contribution in [0, 0.1) is 0 Å². The number of carbonyl (C=O) groups is 1. The van der Waals surface area contributed by atoms with Gasteiger partial charge in [0.1, 0.15) is 0 Å². The third-order valence-electron chi connectivity index (χ3n) is 1.92. The first kappa shape index (κ1) is 12.5. The summed E-state index contributed by atoms with van der Waals surface area (Å²) in [6.07, 6.45) is 0. The Morgan fingerprint density at radius 3 is 2.12 bits per heavy atom. The lowest BCUT2D eigenvalue weighted by Crippen LogP contribution is -2.24. The molecule has 0 aromatic heterocycles. The van der Waals surface area contributed by atoms with Crippen LogP contribution in [0.2, 0.25) is 0 Å². The zero-order valence-electron chi connectivity index (χ0n) is 8.94. The van der Waals surface area contributed by atoms with Crippen molar-refractivity contribution in [1.29, 1.82) is 0 Å². The predicted molar refractivity (Wildman–Crippen MR) is 60.8 cm³/mol. The molecule has 0 unspecified atom stereocenters. The molecular weight excluding hydrogens is 230 g/mol. The smallest absolute Gasteiger partial charge is 0.318 e. The van der Waals surface area contributed by atoms with E-state index in [4.69, 9.17) is 0 Å². The van der Waals surface area contributed by atoms with Gasteiger partial charge in [0.15, 0.2) is 0 Å². The molecule has 0 aliphatic heterocycles. The second-order valence-corrected chi connectivity index (χ2v) is 4.82. The fourth-order valence-corrected chi connectivity index (χ4v) is 1.76. The van der Waals surface area contributed by atoms with Crippen LogP contribution >= 0.6 is 0 Å². The molecule has 7 heteroatoms. The molecule has 3 N–H and O–H groups in total. The molecule has 0 spiro atoms. The predicted octanol–water partition coefficient (Wildman–Crippen LogP) is 0.346. The number of carbonyl (C=O) groups excluding carboxylic acids is 1. The number of amides is 2. The second-order valence-electron chi connectivity index (χ2n) is 2.94. The van der Waals surface area contributed by atoms with Gasteiger partial charge in [0, 0.05) is 12.7 Å². The molecule has 0 aliphatic rings. The Bertz CT molecular complexity index is 467. The summed E-state index contributed by atoms with van der Waals surface area (Å²) < 4.78 is 25.0. The van der Waals surface area contributed by atoms with Crippen LogP contribution in [-0.4, -0.2) is 28.5 Å². The number of urea groups is 1. The number of nitrogens with one attached hydrogen (secondary N) is 3. The minimum absolute atomic E-state index is 0.150. The van der Waals surface area contributed by atoms with Crippen LogP contribution in [0.15, 0.2) is 29.2 Å². The lowest BCUT2D eigenvalue weighted by atomic mass is 10.3. The van der Waals surface area contributed by atoms with Crippen molar-refractivity contribution in [2.75, 3.05) is 19.4 Å². The van der Waals surface area contributed by atoms with E-state index >= 15 is 0 Å². The highest BCUT2D eigenvalue weighted by Crippen LogP contribution is 2.13. The summed E-state index contributed by atoms with van der Waals surface area (Å²) in [6, 6.07) is 5.50. The van der Waals surface area contributed by atoms with E-state index in [2.05, 4.69) is 15.4 Å². The molecule has 2 amide bonds. The number of rotatable bonds is 3. The molecule has 6 nitrogen and oxygen atoms in total. The molecule has 0 radical (unpaired) electrons. The van der Waals surface area contributed by atoms with E-state index in [1.807, 2.05) is 0 Å². The normalized spacial score (nSPS) is 10.9. The van der Waals surface area contributed by atoms with Crippen LogP contribution in [0.25, 0.3) is 0 Å². The third kappa shape index (κ3) is 2.94. The van der Waals surface area contributed by atoms with Gasteiger partial charge < -0.3 is 10.6 Å². The van der Waals surface area contributed by atoms with Gasteiger partial charge in [-0.3, -0.25) is 0 Å². The van der Waals surface area contributed by atoms with E-state index in [1.54, 1.807) is 0 Å². The van der Waals surface area contributed by atoms with Crippen LogP contribution in [0.4, 0.5) is 10.5 Å². The van der Waals surface area contributed by atoms with Crippen LogP contribution in [0.1, 0.15) is 0 Å². The van der Waals surface area contributed by atoms with Crippen molar-refractivity contribution in [3.8, 4) is 0 Å². The Hall–Kier alpha value is -1.60. The molecule has 0 fully saturated rings. The van der Waals surface area contributed by atoms with Gasteiger partial charge in [-0.15, -0.1) is 0 Å². The SMILES string of the molecule is CNC(=O)Nc1ccc(S(=O)(=O)NC)cc1. The Kier molecular flexibility index (Phi) is 3.86. The molecule has 0 saturated heterocycles. The van der Waals surface area contributed by atoms with Gasteiger partial charge in [-0.2, -0.15) is 0 Å². The lowest BCUT2D eigenvalue weighted by molar-refractivity contribution is 0.254. The Balaban J connectivity index is 2.88. The molecule has 0 aliphatic carbocycles. The number of hydrogen-bond acceptors (Lipinski definition) is 3. The molecule has 1 aromatic rings. The van der Waals surface area contributed by atoms with E-state index in [0.717, 1.165) is 0 Å². The fraction of sp³-hybridized carbons (Fsp3) is 0.222. The molecule has 0 saturated carbocycles. The lowest BCUT2D eigenvalue weighted by Gasteiger charge is -2.06. The Morgan fingerprint density at radius 2 is 1.69 bits per heavy atom. The molecule has 16 heavy (non-hydrogen) atoms. The quantitative estimate of drug-likeness (QED) is 0.715. The fourth-order valence-electron chi connectivity index (χ4n) is 1.03. The number of hydrogen-bond donors (Lipinski definition) is 3. The number of benzene rings is 1. The average Bonchev–Trinajstić information content (AvgIpc) is 2.29. The van der Waals surface area contributed by atoms with Gasteiger partial charge in [0.25, 0.3) is 0 Å². The van der Waals surface area contributed by atoms with Crippen molar-refractivity contribution >= 4 is 21.7 Å². The maximum absolute atomic E-state index is 11.4. The van der Waals surface area contributed by atoms with Gasteiger partial charge in [-0.1, -0.05) is 0 Å². The van der Waals surface area contributed by atoms with E-state index < -0.39 is 10.0 Å². The zero-order chi connectivity index (χ0) is 12.2. The first-order valence-corrected chi connectivity index (χ1v) is 6.00. The minimum Gasteiger partial charge on any atom is -0.341 e. The first-order valence-electron chi connectivity index (χ1n) is 4.52. The van der Waals surface area contributed by atoms with Crippen molar-refractivity contribution in [2.24, 2.45) is 0 Å². The van der Waals surface area contributed by atoms with Gasteiger partial charge in [-0.25, -0.2) is 17.9 Å². The summed E-state index contributed by atoms with van der Waals surface area (Å²) in [7, 11) is -0.593. The zero-order valence-corrected chi connectivity index (χ0v) is 9.76. The molecule has 88 valence electrons. The Morgan fingerprint density at radius 1 is 1.12 bits per heavy atom. The standard InChI is InChI=1S/C9H13N3O3S/c1-10-9(13)12-7-3-5-8(6-4-7)16(14,15)11-2/h3-6,11H,1-2H3,(H2,10,12,13). The molecule has 1 rings (SSSR count). The highest BCUT2D eigenvalue weighted by Gasteiger charge is 2.10. The molecule has 0 bridgehead atoms. The maximum Gasteiger partial charge on any atom is 0.318 e. The summed E-state index contributed by atoms with van der Waals surface area (Å²) >= 11 is 0.